The average molecular weight is 634 g/mol. The lowest BCUT2D eigenvalue weighted by Crippen LogP contribution is -1.92. The number of para-hydroxylation sites is 2. The van der Waals surface area contributed by atoms with Crippen molar-refractivity contribution in [3.8, 4) is 39.1 Å². The highest BCUT2D eigenvalue weighted by atomic mass is 32.1. The van der Waals surface area contributed by atoms with Crippen molar-refractivity contribution in [1.82, 2.24) is 4.57 Å². The number of benzene rings is 7. The molecule has 3 heteroatoms. The van der Waals surface area contributed by atoms with Crippen molar-refractivity contribution in [3.05, 3.63) is 164 Å². The number of thiophene rings is 2. The minimum Gasteiger partial charge on any atom is -0.308 e. The Labute approximate surface area is 280 Å². The maximum atomic E-state index is 2.43. The smallest absolute Gasteiger partial charge is 0.0727 e. The third kappa shape index (κ3) is 4.07. The molecule has 0 aliphatic carbocycles. The molecule has 0 unspecified atom stereocenters. The van der Waals surface area contributed by atoms with Gasteiger partial charge in [-0.2, -0.15) is 0 Å². The van der Waals surface area contributed by atoms with Gasteiger partial charge in [0, 0.05) is 41.3 Å². The van der Waals surface area contributed by atoms with Gasteiger partial charge < -0.3 is 4.57 Å². The topological polar surface area (TPSA) is 4.93 Å². The van der Waals surface area contributed by atoms with Gasteiger partial charge in [0.25, 0.3) is 0 Å². The van der Waals surface area contributed by atoms with Crippen LogP contribution in [0.1, 0.15) is 0 Å². The molecule has 0 bridgehead atoms. The SMILES string of the molecule is c1ccc(-c2cccc3c2sc2cccc(-c4ccccc4-c4ccc5c(c4)sc4c6ccccc6n(-c6ccccc6)c54)c23)cc1. The lowest BCUT2D eigenvalue weighted by molar-refractivity contribution is 1.19. The molecule has 0 aliphatic rings. The molecular formula is C44H27NS2. The third-order valence-corrected chi connectivity index (χ3v) is 11.8. The molecule has 0 fully saturated rings. The molecule has 10 aromatic rings. The summed E-state index contributed by atoms with van der Waals surface area (Å²) in [6, 6.07) is 59.8. The number of aromatic nitrogens is 1. The molecule has 0 saturated carbocycles. The van der Waals surface area contributed by atoms with E-state index >= 15 is 0 Å². The summed E-state index contributed by atoms with van der Waals surface area (Å²) in [5.74, 6) is 0. The fourth-order valence-electron chi connectivity index (χ4n) is 7.37. The highest BCUT2D eigenvalue weighted by Gasteiger charge is 2.20. The van der Waals surface area contributed by atoms with Crippen molar-refractivity contribution in [3.63, 3.8) is 0 Å². The van der Waals surface area contributed by atoms with E-state index in [2.05, 4.69) is 168 Å². The molecule has 47 heavy (non-hydrogen) atoms. The quantitative estimate of drug-likeness (QED) is 0.182. The van der Waals surface area contributed by atoms with Gasteiger partial charge in [-0.25, -0.2) is 0 Å². The summed E-state index contributed by atoms with van der Waals surface area (Å²) in [5.41, 5.74) is 11.4. The van der Waals surface area contributed by atoms with Gasteiger partial charge in [-0.3, -0.25) is 0 Å². The van der Waals surface area contributed by atoms with Gasteiger partial charge in [0.15, 0.2) is 0 Å². The predicted molar refractivity (Wildman–Crippen MR) is 205 cm³/mol. The summed E-state index contributed by atoms with van der Waals surface area (Å²) >= 11 is 3.80. The van der Waals surface area contributed by atoms with E-state index < -0.39 is 0 Å². The largest absolute Gasteiger partial charge is 0.308 e. The molecule has 7 aromatic carbocycles. The second-order valence-corrected chi connectivity index (χ2v) is 14.2. The summed E-state index contributed by atoms with van der Waals surface area (Å²) in [5, 5.41) is 5.26. The molecule has 0 N–H and O–H groups in total. The first kappa shape index (κ1) is 26.7. The average Bonchev–Trinajstić information content (AvgIpc) is 3.81. The van der Waals surface area contributed by atoms with Crippen LogP contribution >= 0.6 is 22.7 Å². The lowest BCUT2D eigenvalue weighted by Gasteiger charge is -2.13. The van der Waals surface area contributed by atoms with Gasteiger partial charge in [0.1, 0.15) is 0 Å². The first-order valence-corrected chi connectivity index (χ1v) is 17.6. The molecule has 0 aliphatic heterocycles. The minimum atomic E-state index is 1.19. The van der Waals surface area contributed by atoms with E-state index in [1.807, 2.05) is 22.7 Å². The molecule has 10 rings (SSSR count). The number of nitrogens with zero attached hydrogens (tertiary/aromatic N) is 1. The second kappa shape index (κ2) is 10.5. The zero-order valence-corrected chi connectivity index (χ0v) is 27.0. The van der Waals surface area contributed by atoms with Crippen LogP contribution in [0, 0.1) is 0 Å². The molecule has 0 radical (unpaired) electrons. The van der Waals surface area contributed by atoms with Crippen LogP contribution in [0.5, 0.6) is 0 Å². The Balaban J connectivity index is 1.18. The van der Waals surface area contributed by atoms with Crippen LogP contribution in [0.15, 0.2) is 164 Å². The fourth-order valence-corrected chi connectivity index (χ4v) is 9.89. The van der Waals surface area contributed by atoms with Crippen molar-refractivity contribution in [1.29, 1.82) is 0 Å². The molecule has 3 heterocycles. The summed E-state index contributed by atoms with van der Waals surface area (Å²) < 4.78 is 7.75. The standard InChI is InChI=1S/C44H27NS2/c1-3-13-28(14-4-1)32-20-11-22-37-41-34(21-12-24-39(41)46-43(32)37)33-18-8-7-17-31(33)29-25-26-36-40(27-29)47-44-35-19-9-10-23-38(35)45(42(36)44)30-15-5-2-6-16-30/h1-27H. The summed E-state index contributed by atoms with van der Waals surface area (Å²) in [6.07, 6.45) is 0. The monoisotopic (exact) mass is 633 g/mol. The van der Waals surface area contributed by atoms with Crippen molar-refractivity contribution in [2.24, 2.45) is 0 Å². The molecule has 220 valence electrons. The van der Waals surface area contributed by atoms with Crippen molar-refractivity contribution >= 4 is 74.1 Å². The van der Waals surface area contributed by atoms with E-state index in [1.165, 1.54) is 90.4 Å². The van der Waals surface area contributed by atoms with Gasteiger partial charge in [-0.1, -0.05) is 133 Å². The Hall–Kier alpha value is -5.48. The van der Waals surface area contributed by atoms with Gasteiger partial charge in [-0.05, 0) is 63.7 Å². The van der Waals surface area contributed by atoms with E-state index in [-0.39, 0.29) is 0 Å². The summed E-state index contributed by atoms with van der Waals surface area (Å²) in [7, 11) is 0. The Bertz CT molecular complexity index is 2780. The van der Waals surface area contributed by atoms with Gasteiger partial charge >= 0.3 is 0 Å². The Kier molecular flexibility index (Phi) is 5.98. The number of rotatable bonds is 4. The van der Waals surface area contributed by atoms with Crippen LogP contribution in [0.4, 0.5) is 0 Å². The first-order chi connectivity index (χ1) is 23.3. The second-order valence-electron chi connectivity index (χ2n) is 12.1. The fraction of sp³-hybridized carbons (Fsp3) is 0. The highest BCUT2D eigenvalue weighted by molar-refractivity contribution is 7.27. The van der Waals surface area contributed by atoms with Gasteiger partial charge in [0.05, 0.1) is 15.7 Å². The van der Waals surface area contributed by atoms with Crippen molar-refractivity contribution < 1.29 is 0 Å². The predicted octanol–water partition coefficient (Wildman–Crippen LogP) is 13.4. The molecule has 0 atom stereocenters. The first-order valence-electron chi connectivity index (χ1n) is 15.9. The van der Waals surface area contributed by atoms with E-state index in [1.54, 1.807) is 0 Å². The zero-order chi connectivity index (χ0) is 30.9. The van der Waals surface area contributed by atoms with Crippen LogP contribution in [0.25, 0.3) is 90.4 Å². The van der Waals surface area contributed by atoms with Crippen LogP contribution in [-0.4, -0.2) is 4.57 Å². The normalized spacial score (nSPS) is 11.8. The zero-order valence-electron chi connectivity index (χ0n) is 25.4. The number of hydrogen-bond acceptors (Lipinski definition) is 2. The summed E-state index contributed by atoms with van der Waals surface area (Å²) in [6.45, 7) is 0. The molecule has 1 nitrogen and oxygen atoms in total. The highest BCUT2D eigenvalue weighted by Crippen LogP contribution is 2.47. The van der Waals surface area contributed by atoms with Gasteiger partial charge in [0.2, 0.25) is 0 Å². The molecular weight excluding hydrogens is 607 g/mol. The number of hydrogen-bond donors (Lipinski definition) is 0. The third-order valence-electron chi connectivity index (χ3n) is 9.43. The van der Waals surface area contributed by atoms with Gasteiger partial charge in [-0.15, -0.1) is 22.7 Å². The minimum absolute atomic E-state index is 1.19. The van der Waals surface area contributed by atoms with Crippen LogP contribution in [0.2, 0.25) is 0 Å². The van der Waals surface area contributed by atoms with Crippen LogP contribution in [0.3, 0.4) is 0 Å². The maximum absolute atomic E-state index is 2.43. The van der Waals surface area contributed by atoms with E-state index in [0.717, 1.165) is 0 Å². The molecule has 0 spiro atoms. The lowest BCUT2D eigenvalue weighted by atomic mass is 9.91. The molecule has 0 saturated heterocycles. The van der Waals surface area contributed by atoms with Crippen molar-refractivity contribution in [2.75, 3.05) is 0 Å². The van der Waals surface area contributed by atoms with E-state index in [0.29, 0.717) is 0 Å². The molecule has 3 aromatic heterocycles. The molecule has 0 amide bonds. The summed E-state index contributed by atoms with van der Waals surface area (Å²) in [4.78, 5) is 0. The Morgan fingerprint density at radius 2 is 1.04 bits per heavy atom. The Morgan fingerprint density at radius 1 is 0.383 bits per heavy atom. The maximum Gasteiger partial charge on any atom is 0.0727 e. The number of fused-ring (bicyclic) bond motifs is 8. The Morgan fingerprint density at radius 3 is 1.91 bits per heavy atom. The van der Waals surface area contributed by atoms with Crippen LogP contribution < -0.4 is 0 Å². The van der Waals surface area contributed by atoms with E-state index in [4.69, 9.17) is 0 Å². The van der Waals surface area contributed by atoms with Crippen LogP contribution in [-0.2, 0) is 0 Å². The van der Waals surface area contributed by atoms with Crippen molar-refractivity contribution in [2.45, 2.75) is 0 Å². The van der Waals surface area contributed by atoms with E-state index in [9.17, 15) is 0 Å².